The summed E-state index contributed by atoms with van der Waals surface area (Å²) in [5.41, 5.74) is 2.25. The zero-order valence-corrected chi connectivity index (χ0v) is 12.5. The normalized spacial score (nSPS) is 24.7. The summed E-state index contributed by atoms with van der Waals surface area (Å²) in [4.78, 5) is 13.2. The highest BCUT2D eigenvalue weighted by atomic mass is 16.5. The maximum Gasteiger partial charge on any atom is 0.307 e. The molecule has 0 bridgehead atoms. The Kier molecular flexibility index (Phi) is 3.76. The summed E-state index contributed by atoms with van der Waals surface area (Å²) in [6.45, 7) is 4.18. The molecule has 0 saturated carbocycles. The number of benzene rings is 1. The van der Waals surface area contributed by atoms with E-state index >= 15 is 0 Å². The molecule has 2 heterocycles. The van der Waals surface area contributed by atoms with E-state index in [-0.39, 0.29) is 12.0 Å². The molecule has 2 unspecified atom stereocenters. The largest absolute Gasteiger partial charge is 0.496 e. The Hall–Kier alpha value is -1.75. The zero-order chi connectivity index (χ0) is 15.0. The molecule has 2 aliphatic rings. The van der Waals surface area contributed by atoms with Crippen molar-refractivity contribution in [2.24, 2.45) is 5.92 Å². The standard InChI is InChI=1S/C16H21NO4/c1-10-5-12-6-14(20-2)13(7-15(12)21-10)9-17-4-3-11(8-17)16(18)19/h6-7,10-11H,3-5,8-9H2,1-2H3,(H,18,19). The molecule has 2 atom stereocenters. The molecule has 0 aliphatic carbocycles. The molecule has 5 heteroatoms. The Bertz CT molecular complexity index is 557. The molecule has 5 nitrogen and oxygen atoms in total. The molecule has 0 aromatic heterocycles. The molecule has 3 rings (SSSR count). The quantitative estimate of drug-likeness (QED) is 0.918. The van der Waals surface area contributed by atoms with Crippen molar-refractivity contribution in [3.05, 3.63) is 23.3 Å². The number of nitrogens with zero attached hydrogens (tertiary/aromatic N) is 1. The Balaban J connectivity index is 1.77. The van der Waals surface area contributed by atoms with E-state index in [1.165, 1.54) is 5.56 Å². The maximum atomic E-state index is 11.0. The van der Waals surface area contributed by atoms with Crippen LogP contribution in [0.2, 0.25) is 0 Å². The SMILES string of the molecule is COc1cc2c(cc1CN1CCC(C(=O)O)C1)OC(C)C2. The van der Waals surface area contributed by atoms with Gasteiger partial charge in [-0.3, -0.25) is 9.69 Å². The van der Waals surface area contributed by atoms with Crippen molar-refractivity contribution < 1.29 is 19.4 Å². The van der Waals surface area contributed by atoms with Crippen LogP contribution >= 0.6 is 0 Å². The molecule has 1 fully saturated rings. The molecule has 1 aromatic carbocycles. The van der Waals surface area contributed by atoms with E-state index in [0.29, 0.717) is 13.1 Å². The van der Waals surface area contributed by atoms with Crippen LogP contribution in [0.4, 0.5) is 0 Å². The fourth-order valence-corrected chi connectivity index (χ4v) is 3.21. The number of ether oxygens (including phenoxy) is 2. The summed E-state index contributed by atoms with van der Waals surface area (Å²) in [5, 5.41) is 9.08. The van der Waals surface area contributed by atoms with E-state index in [2.05, 4.69) is 17.9 Å². The van der Waals surface area contributed by atoms with Gasteiger partial charge in [0.2, 0.25) is 0 Å². The summed E-state index contributed by atoms with van der Waals surface area (Å²) in [6, 6.07) is 4.10. The van der Waals surface area contributed by atoms with Crippen molar-refractivity contribution in [1.29, 1.82) is 0 Å². The number of hydrogen-bond acceptors (Lipinski definition) is 4. The minimum atomic E-state index is -0.699. The molecular weight excluding hydrogens is 270 g/mol. The van der Waals surface area contributed by atoms with Gasteiger partial charge in [0.15, 0.2) is 0 Å². The van der Waals surface area contributed by atoms with Crippen molar-refractivity contribution in [3.8, 4) is 11.5 Å². The van der Waals surface area contributed by atoms with Crippen LogP contribution in [0.1, 0.15) is 24.5 Å². The summed E-state index contributed by atoms with van der Waals surface area (Å²) >= 11 is 0. The first-order chi connectivity index (χ1) is 10.1. The number of hydrogen-bond donors (Lipinski definition) is 1. The Morgan fingerprint density at radius 2 is 2.33 bits per heavy atom. The van der Waals surface area contributed by atoms with Crippen LogP contribution < -0.4 is 9.47 Å². The molecule has 1 aromatic rings. The average molecular weight is 291 g/mol. The highest BCUT2D eigenvalue weighted by molar-refractivity contribution is 5.70. The van der Waals surface area contributed by atoms with Crippen molar-refractivity contribution in [2.75, 3.05) is 20.2 Å². The smallest absolute Gasteiger partial charge is 0.307 e. The van der Waals surface area contributed by atoms with Crippen molar-refractivity contribution in [1.82, 2.24) is 4.90 Å². The van der Waals surface area contributed by atoms with Gasteiger partial charge in [-0.1, -0.05) is 0 Å². The predicted molar refractivity (Wildman–Crippen MR) is 77.8 cm³/mol. The number of aliphatic carboxylic acids is 1. The second-order valence-corrected chi connectivity index (χ2v) is 5.96. The number of likely N-dealkylation sites (tertiary alicyclic amines) is 1. The highest BCUT2D eigenvalue weighted by Gasteiger charge is 2.29. The lowest BCUT2D eigenvalue weighted by molar-refractivity contribution is -0.141. The molecule has 21 heavy (non-hydrogen) atoms. The van der Waals surface area contributed by atoms with Gasteiger partial charge in [-0.25, -0.2) is 0 Å². The average Bonchev–Trinajstić information content (AvgIpc) is 3.03. The molecule has 0 radical (unpaired) electrons. The van der Waals surface area contributed by atoms with Gasteiger partial charge in [0.05, 0.1) is 13.0 Å². The lowest BCUT2D eigenvalue weighted by Gasteiger charge is -2.18. The predicted octanol–water partition coefficient (Wildman–Crippen LogP) is 1.93. The second kappa shape index (κ2) is 5.56. The molecule has 0 amide bonds. The lowest BCUT2D eigenvalue weighted by atomic mass is 10.1. The first-order valence-corrected chi connectivity index (χ1v) is 7.38. The van der Waals surface area contributed by atoms with Crippen LogP contribution in [-0.2, 0) is 17.8 Å². The molecule has 2 aliphatic heterocycles. The van der Waals surface area contributed by atoms with E-state index in [1.807, 2.05) is 6.07 Å². The fraction of sp³-hybridized carbons (Fsp3) is 0.562. The van der Waals surface area contributed by atoms with E-state index in [4.69, 9.17) is 14.6 Å². The third-order valence-corrected chi connectivity index (χ3v) is 4.31. The first kappa shape index (κ1) is 14.2. The molecule has 114 valence electrons. The second-order valence-electron chi connectivity index (χ2n) is 5.96. The van der Waals surface area contributed by atoms with E-state index in [0.717, 1.165) is 36.4 Å². The first-order valence-electron chi connectivity index (χ1n) is 7.38. The van der Waals surface area contributed by atoms with Crippen LogP contribution in [0, 0.1) is 5.92 Å². The minimum absolute atomic E-state index is 0.211. The maximum absolute atomic E-state index is 11.0. The molecule has 0 spiro atoms. The van der Waals surface area contributed by atoms with Gasteiger partial charge in [-0.15, -0.1) is 0 Å². The molecular formula is C16H21NO4. The van der Waals surface area contributed by atoms with Gasteiger partial charge in [-0.2, -0.15) is 0 Å². The van der Waals surface area contributed by atoms with E-state index in [1.54, 1.807) is 7.11 Å². The van der Waals surface area contributed by atoms with Gasteiger partial charge >= 0.3 is 5.97 Å². The molecule has 1 N–H and O–H groups in total. The number of fused-ring (bicyclic) bond motifs is 1. The topological polar surface area (TPSA) is 59.0 Å². The number of carboxylic acids is 1. The lowest BCUT2D eigenvalue weighted by Crippen LogP contribution is -2.23. The van der Waals surface area contributed by atoms with Crippen molar-refractivity contribution in [3.63, 3.8) is 0 Å². The summed E-state index contributed by atoms with van der Waals surface area (Å²) in [6.07, 6.45) is 1.84. The van der Waals surface area contributed by atoms with Gasteiger partial charge in [0, 0.05) is 30.6 Å². The van der Waals surface area contributed by atoms with Gasteiger partial charge in [-0.05, 0) is 32.0 Å². The van der Waals surface area contributed by atoms with Crippen molar-refractivity contribution in [2.45, 2.75) is 32.4 Å². The fourth-order valence-electron chi connectivity index (χ4n) is 3.21. The third kappa shape index (κ3) is 2.83. The Morgan fingerprint density at radius 1 is 1.52 bits per heavy atom. The van der Waals surface area contributed by atoms with E-state index in [9.17, 15) is 4.79 Å². The summed E-state index contributed by atoms with van der Waals surface area (Å²) < 4.78 is 11.3. The number of carbonyl (C=O) groups is 1. The third-order valence-electron chi connectivity index (χ3n) is 4.31. The van der Waals surface area contributed by atoms with E-state index < -0.39 is 5.97 Å². The number of methoxy groups -OCH3 is 1. The van der Waals surface area contributed by atoms with Crippen LogP contribution in [0.25, 0.3) is 0 Å². The zero-order valence-electron chi connectivity index (χ0n) is 12.5. The van der Waals surface area contributed by atoms with Crippen LogP contribution in [0.5, 0.6) is 11.5 Å². The minimum Gasteiger partial charge on any atom is -0.496 e. The monoisotopic (exact) mass is 291 g/mol. The van der Waals surface area contributed by atoms with Gasteiger partial charge in [0.1, 0.15) is 17.6 Å². The molecule has 1 saturated heterocycles. The number of rotatable bonds is 4. The Labute approximate surface area is 124 Å². The van der Waals surface area contributed by atoms with Gasteiger partial charge < -0.3 is 14.6 Å². The van der Waals surface area contributed by atoms with Crippen molar-refractivity contribution >= 4 is 5.97 Å². The van der Waals surface area contributed by atoms with Crippen LogP contribution in [0.15, 0.2) is 12.1 Å². The van der Waals surface area contributed by atoms with Crippen LogP contribution in [-0.4, -0.2) is 42.3 Å². The summed E-state index contributed by atoms with van der Waals surface area (Å²) in [5.74, 6) is 0.856. The highest BCUT2D eigenvalue weighted by Crippen LogP contribution is 2.36. The Morgan fingerprint density at radius 3 is 3.00 bits per heavy atom. The number of carboxylic acid groups (broad SMARTS) is 1. The summed E-state index contributed by atoms with van der Waals surface area (Å²) in [7, 11) is 1.68. The van der Waals surface area contributed by atoms with Crippen LogP contribution in [0.3, 0.4) is 0 Å². The van der Waals surface area contributed by atoms with Gasteiger partial charge in [0.25, 0.3) is 0 Å².